The van der Waals surface area contributed by atoms with Gasteiger partial charge in [-0.2, -0.15) is 0 Å². The maximum Gasteiger partial charge on any atom is 0.314 e. The molecule has 4 N–H and O–H groups in total. The molecule has 0 aliphatic carbocycles. The number of carboxylic acids is 2. The van der Waals surface area contributed by atoms with Crippen LogP contribution >= 0.6 is 0 Å². The van der Waals surface area contributed by atoms with Crippen LogP contribution in [0.2, 0.25) is 0 Å². The van der Waals surface area contributed by atoms with Crippen LogP contribution < -0.4 is 0 Å². The van der Waals surface area contributed by atoms with Crippen LogP contribution in [0.5, 0.6) is 11.5 Å². The molecule has 0 bridgehead atoms. The first-order valence-electron chi connectivity index (χ1n) is 5.31. The minimum absolute atomic E-state index is 0.0544. The van der Waals surface area contributed by atoms with Crippen molar-refractivity contribution in [2.45, 2.75) is 25.2 Å². The molecule has 1 aromatic carbocycles. The van der Waals surface area contributed by atoms with Gasteiger partial charge in [0.15, 0.2) is 11.5 Å². The van der Waals surface area contributed by atoms with Crippen molar-refractivity contribution >= 4 is 11.9 Å². The van der Waals surface area contributed by atoms with Crippen molar-refractivity contribution in [2.24, 2.45) is 0 Å². The third-order valence-corrected chi connectivity index (χ3v) is 2.99. The Morgan fingerprint density at radius 2 is 1.78 bits per heavy atom. The minimum Gasteiger partial charge on any atom is -0.504 e. The lowest BCUT2D eigenvalue weighted by atomic mass is 9.75. The van der Waals surface area contributed by atoms with Crippen molar-refractivity contribution < 1.29 is 30.0 Å². The van der Waals surface area contributed by atoms with Crippen LogP contribution in [0.4, 0.5) is 0 Å². The number of carbonyl (C=O) groups is 2. The Bertz CT molecular complexity index is 481. The number of aromatic hydroxyl groups is 2. The van der Waals surface area contributed by atoms with Gasteiger partial charge in [0.2, 0.25) is 0 Å². The van der Waals surface area contributed by atoms with E-state index in [0.29, 0.717) is 0 Å². The number of benzene rings is 1. The third kappa shape index (κ3) is 2.37. The summed E-state index contributed by atoms with van der Waals surface area (Å²) in [7, 11) is 0. The average molecular weight is 254 g/mol. The maximum atomic E-state index is 11.4. The predicted molar refractivity (Wildman–Crippen MR) is 61.6 cm³/mol. The van der Waals surface area contributed by atoms with Crippen LogP contribution in [-0.2, 0) is 15.0 Å². The van der Waals surface area contributed by atoms with E-state index in [0.717, 1.165) is 12.1 Å². The Morgan fingerprint density at radius 1 is 1.17 bits per heavy atom. The summed E-state index contributed by atoms with van der Waals surface area (Å²) in [6.45, 7) is 1.56. The second kappa shape index (κ2) is 4.95. The van der Waals surface area contributed by atoms with Crippen molar-refractivity contribution in [1.82, 2.24) is 0 Å². The summed E-state index contributed by atoms with van der Waals surface area (Å²) >= 11 is 0. The van der Waals surface area contributed by atoms with Gasteiger partial charge >= 0.3 is 11.9 Å². The fourth-order valence-electron chi connectivity index (χ4n) is 1.86. The lowest BCUT2D eigenvalue weighted by molar-refractivity contribution is -0.150. The van der Waals surface area contributed by atoms with Gasteiger partial charge in [-0.1, -0.05) is 13.0 Å². The molecule has 0 radical (unpaired) electrons. The number of hydrogen-bond donors (Lipinski definition) is 4. The summed E-state index contributed by atoms with van der Waals surface area (Å²) in [6.07, 6.45) is -0.540. The van der Waals surface area contributed by atoms with E-state index in [1.165, 1.54) is 6.07 Å². The van der Waals surface area contributed by atoms with Crippen LogP contribution in [0.1, 0.15) is 25.3 Å². The Labute approximate surface area is 103 Å². The fourth-order valence-corrected chi connectivity index (χ4v) is 1.86. The fraction of sp³-hybridized carbons (Fsp3) is 0.333. The molecule has 0 saturated heterocycles. The first-order chi connectivity index (χ1) is 8.33. The van der Waals surface area contributed by atoms with Gasteiger partial charge in [0.05, 0.1) is 6.42 Å². The second-order valence-electron chi connectivity index (χ2n) is 4.01. The number of aliphatic carboxylic acids is 2. The van der Waals surface area contributed by atoms with E-state index in [1.54, 1.807) is 6.92 Å². The van der Waals surface area contributed by atoms with Crippen LogP contribution in [0.15, 0.2) is 18.2 Å². The SMILES string of the molecule is CCC(CC(=O)O)(C(=O)O)c1ccc(O)c(O)c1. The molecule has 0 spiro atoms. The zero-order valence-electron chi connectivity index (χ0n) is 9.75. The minimum atomic E-state index is -1.61. The molecule has 0 saturated carbocycles. The molecule has 0 fully saturated rings. The molecular formula is C12H14O6. The van der Waals surface area contributed by atoms with Gasteiger partial charge in [-0.05, 0) is 24.1 Å². The van der Waals surface area contributed by atoms with Gasteiger partial charge in [-0.3, -0.25) is 9.59 Å². The van der Waals surface area contributed by atoms with Crippen LogP contribution in [0.3, 0.4) is 0 Å². The Balaban J connectivity index is 3.37. The zero-order chi connectivity index (χ0) is 13.9. The van der Waals surface area contributed by atoms with Crippen LogP contribution in [0.25, 0.3) is 0 Å². The molecule has 98 valence electrons. The highest BCUT2D eigenvalue weighted by Crippen LogP contribution is 2.36. The lowest BCUT2D eigenvalue weighted by Crippen LogP contribution is -2.37. The molecule has 0 aliphatic rings. The molecule has 1 atom stereocenters. The normalized spacial score (nSPS) is 13.8. The van der Waals surface area contributed by atoms with Crippen molar-refractivity contribution in [3.05, 3.63) is 23.8 Å². The molecule has 1 aromatic rings. The summed E-state index contributed by atoms with van der Waals surface area (Å²) in [5.41, 5.74) is -1.47. The molecule has 18 heavy (non-hydrogen) atoms. The van der Waals surface area contributed by atoms with Crippen LogP contribution in [-0.4, -0.2) is 32.4 Å². The molecule has 6 heteroatoms. The van der Waals surface area contributed by atoms with Crippen molar-refractivity contribution in [1.29, 1.82) is 0 Å². The molecule has 0 amide bonds. The van der Waals surface area contributed by atoms with E-state index >= 15 is 0 Å². The summed E-state index contributed by atoms with van der Waals surface area (Å²) < 4.78 is 0. The van der Waals surface area contributed by atoms with Crippen molar-refractivity contribution in [2.75, 3.05) is 0 Å². The maximum absolute atomic E-state index is 11.4. The molecule has 1 unspecified atom stereocenters. The topological polar surface area (TPSA) is 115 Å². The Morgan fingerprint density at radius 3 is 2.17 bits per heavy atom. The predicted octanol–water partition coefficient (Wildman–Crippen LogP) is 1.30. The Kier molecular flexibility index (Phi) is 3.80. The molecule has 0 aromatic heterocycles. The number of carboxylic acid groups (broad SMARTS) is 2. The van der Waals surface area contributed by atoms with E-state index in [1.807, 2.05) is 0 Å². The Hall–Kier alpha value is -2.24. The molecule has 0 aliphatic heterocycles. The first-order valence-corrected chi connectivity index (χ1v) is 5.31. The smallest absolute Gasteiger partial charge is 0.314 e. The third-order valence-electron chi connectivity index (χ3n) is 2.99. The molecule has 0 heterocycles. The summed E-state index contributed by atoms with van der Waals surface area (Å²) in [5, 5.41) is 36.7. The van der Waals surface area contributed by atoms with Gasteiger partial charge in [-0.15, -0.1) is 0 Å². The number of phenolic OH excluding ortho intramolecular Hbond substituents is 2. The van der Waals surface area contributed by atoms with Crippen LogP contribution in [0, 0.1) is 0 Å². The van der Waals surface area contributed by atoms with E-state index < -0.39 is 29.5 Å². The number of rotatable bonds is 5. The van der Waals surface area contributed by atoms with Crippen molar-refractivity contribution in [3.63, 3.8) is 0 Å². The highest BCUT2D eigenvalue weighted by molar-refractivity contribution is 5.87. The van der Waals surface area contributed by atoms with Gasteiger partial charge in [0, 0.05) is 0 Å². The monoisotopic (exact) mass is 254 g/mol. The summed E-state index contributed by atoms with van der Waals surface area (Å²) in [4.78, 5) is 22.2. The second-order valence-corrected chi connectivity index (χ2v) is 4.01. The van der Waals surface area contributed by atoms with E-state index in [9.17, 15) is 24.9 Å². The van der Waals surface area contributed by atoms with Gasteiger partial charge in [0.1, 0.15) is 5.41 Å². The highest BCUT2D eigenvalue weighted by Gasteiger charge is 2.41. The first kappa shape index (κ1) is 13.8. The molecular weight excluding hydrogens is 240 g/mol. The van der Waals surface area contributed by atoms with Gasteiger partial charge < -0.3 is 20.4 Å². The number of hydrogen-bond acceptors (Lipinski definition) is 4. The van der Waals surface area contributed by atoms with E-state index in [2.05, 4.69) is 0 Å². The summed E-state index contributed by atoms with van der Waals surface area (Å²) in [6, 6.07) is 3.52. The molecule has 1 rings (SSSR count). The van der Waals surface area contributed by atoms with E-state index in [-0.39, 0.29) is 17.7 Å². The van der Waals surface area contributed by atoms with E-state index in [4.69, 9.17) is 5.11 Å². The lowest BCUT2D eigenvalue weighted by Gasteiger charge is -2.27. The standard InChI is InChI=1S/C12H14O6/c1-2-12(11(17)18,6-10(15)16)7-3-4-8(13)9(14)5-7/h3-5,13-14H,2,6H2,1H3,(H,15,16)(H,17,18). The average Bonchev–Trinajstić information content (AvgIpc) is 2.29. The largest absolute Gasteiger partial charge is 0.504 e. The summed E-state index contributed by atoms with van der Waals surface area (Å²) in [5.74, 6) is -3.38. The quantitative estimate of drug-likeness (QED) is 0.589. The molecule has 6 nitrogen and oxygen atoms in total. The van der Waals surface area contributed by atoms with Gasteiger partial charge in [-0.25, -0.2) is 0 Å². The highest BCUT2D eigenvalue weighted by atomic mass is 16.4. The van der Waals surface area contributed by atoms with Crippen molar-refractivity contribution in [3.8, 4) is 11.5 Å². The zero-order valence-corrected chi connectivity index (χ0v) is 9.75. The number of phenols is 2. The van der Waals surface area contributed by atoms with Gasteiger partial charge in [0.25, 0.3) is 0 Å².